The van der Waals surface area contributed by atoms with E-state index in [1.165, 1.54) is 0 Å². The second-order valence-corrected chi connectivity index (χ2v) is 10.5. The van der Waals surface area contributed by atoms with E-state index in [-0.39, 0.29) is 30.8 Å². The summed E-state index contributed by atoms with van der Waals surface area (Å²) in [5.74, 6) is 1.02. The number of carbonyl (C=O) groups is 2. The zero-order valence-corrected chi connectivity index (χ0v) is 23.8. The number of amides is 2. The van der Waals surface area contributed by atoms with Crippen LogP contribution in [0.5, 0.6) is 11.5 Å². The van der Waals surface area contributed by atoms with Gasteiger partial charge in [0.2, 0.25) is 11.8 Å². The van der Waals surface area contributed by atoms with Crippen molar-refractivity contribution in [3.8, 4) is 11.5 Å². The van der Waals surface area contributed by atoms with Crippen molar-refractivity contribution in [1.82, 2.24) is 10.2 Å². The van der Waals surface area contributed by atoms with Crippen molar-refractivity contribution in [1.29, 1.82) is 0 Å². The summed E-state index contributed by atoms with van der Waals surface area (Å²) in [4.78, 5) is 29.2. The van der Waals surface area contributed by atoms with Gasteiger partial charge in [0, 0.05) is 41.0 Å². The Balaban J connectivity index is 1.63. The fraction of sp³-hybridized carbons (Fsp3) is 0.355. The maximum Gasteiger partial charge on any atom is 0.243 e. The predicted molar refractivity (Wildman–Crippen MR) is 155 cm³/mol. The first-order chi connectivity index (χ1) is 18.9. The van der Waals surface area contributed by atoms with Crippen LogP contribution in [-0.2, 0) is 29.0 Å². The molecule has 0 aromatic heterocycles. The second kappa shape index (κ2) is 13.7. The number of ether oxygens (including phenoxy) is 2. The first-order valence-electron chi connectivity index (χ1n) is 13.3. The van der Waals surface area contributed by atoms with Gasteiger partial charge >= 0.3 is 0 Å². The molecule has 1 N–H and O–H groups in total. The number of aryl methyl sites for hydroxylation is 1. The lowest BCUT2D eigenvalue weighted by Gasteiger charge is -2.33. The zero-order chi connectivity index (χ0) is 27.8. The average molecular weight is 570 g/mol. The summed E-state index contributed by atoms with van der Waals surface area (Å²) in [6.45, 7) is 5.09. The molecule has 1 aliphatic heterocycles. The van der Waals surface area contributed by atoms with E-state index in [0.29, 0.717) is 53.2 Å². The van der Waals surface area contributed by atoms with Gasteiger partial charge in [-0.1, -0.05) is 72.6 Å². The molecule has 2 atom stereocenters. The van der Waals surface area contributed by atoms with Gasteiger partial charge in [-0.25, -0.2) is 0 Å². The van der Waals surface area contributed by atoms with Crippen molar-refractivity contribution in [2.45, 2.75) is 58.2 Å². The quantitative estimate of drug-likeness (QED) is 0.297. The molecule has 0 aliphatic carbocycles. The molecule has 39 heavy (non-hydrogen) atoms. The van der Waals surface area contributed by atoms with Crippen LogP contribution in [0.25, 0.3) is 0 Å². The molecule has 0 radical (unpaired) electrons. The van der Waals surface area contributed by atoms with Crippen molar-refractivity contribution in [3.05, 3.63) is 93.5 Å². The number of nitrogens with zero attached hydrogens (tertiary/aromatic N) is 1. The molecule has 2 amide bonds. The molecular weight excluding hydrogens is 535 g/mol. The number of hydrogen-bond acceptors (Lipinski definition) is 4. The highest BCUT2D eigenvalue weighted by Gasteiger charge is 2.31. The molecular formula is C31H34Cl2N2O4. The van der Waals surface area contributed by atoms with E-state index in [1.807, 2.05) is 62.4 Å². The van der Waals surface area contributed by atoms with Gasteiger partial charge in [-0.2, -0.15) is 0 Å². The van der Waals surface area contributed by atoms with E-state index in [1.54, 1.807) is 23.1 Å². The highest BCUT2D eigenvalue weighted by atomic mass is 35.5. The summed E-state index contributed by atoms with van der Waals surface area (Å²) >= 11 is 13.0. The number of benzene rings is 3. The third-order valence-corrected chi connectivity index (χ3v) is 7.60. The lowest BCUT2D eigenvalue weighted by Crippen LogP contribution is -2.52. The molecule has 8 heteroatoms. The van der Waals surface area contributed by atoms with E-state index in [9.17, 15) is 9.59 Å². The Morgan fingerprint density at radius 2 is 1.62 bits per heavy atom. The first-order valence-corrected chi connectivity index (χ1v) is 14.1. The molecule has 0 saturated carbocycles. The number of halogens is 2. The Morgan fingerprint density at radius 3 is 2.31 bits per heavy atom. The van der Waals surface area contributed by atoms with Gasteiger partial charge in [0.15, 0.2) is 11.5 Å². The minimum Gasteiger partial charge on any atom is -0.486 e. The summed E-state index contributed by atoms with van der Waals surface area (Å²) in [7, 11) is 0. The minimum absolute atomic E-state index is 0.0330. The summed E-state index contributed by atoms with van der Waals surface area (Å²) in [6, 6.07) is 19.9. The minimum atomic E-state index is -0.749. The van der Waals surface area contributed by atoms with Gasteiger partial charge in [0.1, 0.15) is 19.3 Å². The number of nitrogens with one attached hydrogen (secondary N) is 1. The van der Waals surface area contributed by atoms with E-state index in [2.05, 4.69) is 5.32 Å². The summed E-state index contributed by atoms with van der Waals surface area (Å²) in [5.41, 5.74) is 2.52. The molecule has 3 aromatic carbocycles. The van der Waals surface area contributed by atoms with Gasteiger partial charge in [-0.05, 0) is 55.2 Å². The van der Waals surface area contributed by atoms with Crippen LogP contribution in [0.4, 0.5) is 0 Å². The Labute approximate surface area is 240 Å². The molecule has 0 spiro atoms. The van der Waals surface area contributed by atoms with Crippen LogP contribution in [0, 0.1) is 0 Å². The van der Waals surface area contributed by atoms with Crippen LogP contribution in [0.1, 0.15) is 43.4 Å². The largest absolute Gasteiger partial charge is 0.486 e. The highest BCUT2D eigenvalue weighted by Crippen LogP contribution is 2.32. The normalized spacial score (nSPS) is 13.8. The number of carbonyl (C=O) groups excluding carboxylic acids is 2. The van der Waals surface area contributed by atoms with Crippen molar-refractivity contribution in [3.63, 3.8) is 0 Å². The number of hydrogen-bond donors (Lipinski definition) is 1. The molecule has 0 fully saturated rings. The number of fused-ring (bicyclic) bond motifs is 1. The Morgan fingerprint density at radius 1 is 0.923 bits per heavy atom. The van der Waals surface area contributed by atoms with Crippen LogP contribution < -0.4 is 14.8 Å². The van der Waals surface area contributed by atoms with E-state index in [0.717, 1.165) is 17.5 Å². The van der Waals surface area contributed by atoms with Crippen molar-refractivity contribution in [2.75, 3.05) is 13.2 Å². The van der Waals surface area contributed by atoms with Gasteiger partial charge < -0.3 is 19.7 Å². The fourth-order valence-corrected chi connectivity index (χ4v) is 5.00. The topological polar surface area (TPSA) is 67.9 Å². The second-order valence-electron chi connectivity index (χ2n) is 9.72. The third-order valence-electron chi connectivity index (χ3n) is 6.90. The summed E-state index contributed by atoms with van der Waals surface area (Å²) in [6.07, 6.45) is 1.82. The molecule has 2 unspecified atom stereocenters. The van der Waals surface area contributed by atoms with Gasteiger partial charge in [-0.15, -0.1) is 0 Å². The van der Waals surface area contributed by atoms with Crippen LogP contribution in [0.2, 0.25) is 10.0 Å². The molecule has 206 valence electrons. The van der Waals surface area contributed by atoms with E-state index in [4.69, 9.17) is 32.7 Å². The lowest BCUT2D eigenvalue weighted by molar-refractivity contribution is -0.141. The zero-order valence-electron chi connectivity index (χ0n) is 22.3. The Bertz CT molecular complexity index is 1260. The smallest absolute Gasteiger partial charge is 0.243 e. The highest BCUT2D eigenvalue weighted by molar-refractivity contribution is 6.36. The predicted octanol–water partition coefficient (Wildman–Crippen LogP) is 6.25. The summed E-state index contributed by atoms with van der Waals surface area (Å²) < 4.78 is 11.3. The van der Waals surface area contributed by atoms with Crippen LogP contribution in [0.3, 0.4) is 0 Å². The molecule has 0 saturated heterocycles. The first kappa shape index (κ1) is 28.8. The monoisotopic (exact) mass is 568 g/mol. The fourth-order valence-electron chi connectivity index (χ4n) is 4.49. The molecule has 1 aliphatic rings. The standard InChI is InChI=1S/C31H34Cl2N2O4/c1-3-21(2)34-31(37)27(18-22-8-5-4-6-9-22)35(20-24-25(32)10-7-11-26(24)33)30(36)15-13-23-12-14-28-29(19-23)39-17-16-38-28/h4-12,14,19,21,27H,3,13,15-18,20H2,1-2H3,(H,34,37). The molecule has 1 heterocycles. The van der Waals surface area contributed by atoms with Gasteiger partial charge in [-0.3, -0.25) is 9.59 Å². The van der Waals surface area contributed by atoms with E-state index >= 15 is 0 Å². The summed E-state index contributed by atoms with van der Waals surface area (Å²) in [5, 5.41) is 3.98. The van der Waals surface area contributed by atoms with Crippen LogP contribution in [0.15, 0.2) is 66.7 Å². The van der Waals surface area contributed by atoms with Crippen molar-refractivity contribution >= 4 is 35.0 Å². The Hall–Kier alpha value is -3.22. The average Bonchev–Trinajstić information content (AvgIpc) is 2.95. The van der Waals surface area contributed by atoms with Gasteiger partial charge in [0.25, 0.3) is 0 Å². The number of rotatable bonds is 11. The molecule has 0 bridgehead atoms. The molecule has 6 nitrogen and oxygen atoms in total. The Kier molecular flexibility index (Phi) is 10.1. The van der Waals surface area contributed by atoms with E-state index < -0.39 is 6.04 Å². The van der Waals surface area contributed by atoms with Gasteiger partial charge in [0.05, 0.1) is 0 Å². The van der Waals surface area contributed by atoms with Crippen molar-refractivity contribution in [2.24, 2.45) is 0 Å². The molecule has 3 aromatic rings. The van der Waals surface area contributed by atoms with Crippen LogP contribution >= 0.6 is 23.2 Å². The molecule has 4 rings (SSSR count). The maximum atomic E-state index is 13.9. The SMILES string of the molecule is CCC(C)NC(=O)C(Cc1ccccc1)N(Cc1c(Cl)cccc1Cl)C(=O)CCc1ccc2c(c1)OCCO2. The maximum absolute atomic E-state index is 13.9. The third kappa shape index (κ3) is 7.68. The van der Waals surface area contributed by atoms with Crippen LogP contribution in [-0.4, -0.2) is 42.0 Å². The van der Waals surface area contributed by atoms with Crippen molar-refractivity contribution < 1.29 is 19.1 Å². The lowest BCUT2D eigenvalue weighted by atomic mass is 10.0.